The molecular formula is C104H198N2O17. The smallest absolute Gasteiger partial charge is 0.331 e. The van der Waals surface area contributed by atoms with Crippen LogP contribution in [0.2, 0.25) is 0 Å². The number of aliphatic hydroxyl groups excluding tert-OH is 6. The minimum absolute atomic E-state index is 0.0954. The second-order valence-corrected chi connectivity index (χ2v) is 38.0. The minimum Gasteiger partial charge on any atom is -0.462 e. The molecule has 13 atom stereocenters. The van der Waals surface area contributed by atoms with Crippen molar-refractivity contribution in [3.8, 4) is 0 Å². The molecule has 726 valence electrons. The molecule has 8 N–H and O–H groups in total. The molecule has 0 unspecified atom stereocenters. The fourth-order valence-electron chi connectivity index (χ4n) is 18.0. The predicted octanol–water partition coefficient (Wildman–Crippen LogP) is 25.2. The molecule has 0 aromatic heterocycles. The molecule has 2 amide bonds. The van der Waals surface area contributed by atoms with E-state index in [1.165, 1.54) is 302 Å². The summed E-state index contributed by atoms with van der Waals surface area (Å²) >= 11 is 0. The van der Waals surface area contributed by atoms with E-state index < -0.39 is 123 Å². The molecule has 0 aromatic carbocycles. The van der Waals surface area contributed by atoms with E-state index >= 15 is 0 Å². The first-order valence-corrected chi connectivity index (χ1v) is 53.2. The van der Waals surface area contributed by atoms with Gasteiger partial charge in [0.1, 0.15) is 36.6 Å². The van der Waals surface area contributed by atoms with Gasteiger partial charge in [-0.25, -0.2) is 4.79 Å². The average Bonchev–Trinajstić information content (AvgIpc) is 0.787. The Morgan fingerprint density at radius 1 is 0.341 bits per heavy atom. The van der Waals surface area contributed by atoms with Crippen LogP contribution in [0.4, 0.5) is 0 Å². The van der Waals surface area contributed by atoms with Gasteiger partial charge in [-0.05, 0) is 44.9 Å². The molecule has 0 aliphatic carbocycles. The fraction of sp³-hybridized carbons (Fsp3) is 0.952. The maximum absolute atomic E-state index is 14.8. The van der Waals surface area contributed by atoms with Gasteiger partial charge in [0.2, 0.25) is 11.8 Å². The van der Waals surface area contributed by atoms with Gasteiger partial charge in [-0.3, -0.25) is 19.2 Å². The molecule has 19 heteroatoms. The van der Waals surface area contributed by atoms with Crippen LogP contribution < -0.4 is 10.6 Å². The number of esters is 3. The van der Waals surface area contributed by atoms with Crippen molar-refractivity contribution in [1.82, 2.24) is 10.6 Å². The van der Waals surface area contributed by atoms with Gasteiger partial charge in [-0.15, -0.1) is 0 Å². The lowest BCUT2D eigenvalue weighted by Crippen LogP contribution is -2.67. The molecule has 19 nitrogen and oxygen atoms in total. The second-order valence-electron chi connectivity index (χ2n) is 38.0. The van der Waals surface area contributed by atoms with Crippen molar-refractivity contribution in [2.24, 2.45) is 0 Å². The number of amides is 2. The van der Waals surface area contributed by atoms with Crippen molar-refractivity contribution < 1.29 is 83.0 Å². The Labute approximate surface area is 754 Å². The van der Waals surface area contributed by atoms with E-state index in [1.54, 1.807) is 0 Å². The molecule has 2 rings (SSSR count). The van der Waals surface area contributed by atoms with Gasteiger partial charge in [0.25, 0.3) is 0 Å². The normalized spacial score (nSPS) is 19.6. The van der Waals surface area contributed by atoms with Gasteiger partial charge in [-0.1, -0.05) is 465 Å². The van der Waals surface area contributed by atoms with Gasteiger partial charge in [0, 0.05) is 13.0 Å². The molecule has 2 saturated heterocycles. The van der Waals surface area contributed by atoms with Crippen LogP contribution in [0.5, 0.6) is 0 Å². The maximum atomic E-state index is 14.8. The first-order valence-electron chi connectivity index (χ1n) is 53.2. The molecular weight excluding hydrogens is 1550 g/mol. The molecule has 0 spiro atoms. The van der Waals surface area contributed by atoms with Crippen molar-refractivity contribution in [3.05, 3.63) is 0 Å². The number of hydrogen-bond donors (Lipinski definition) is 8. The third-order valence-corrected chi connectivity index (χ3v) is 26.1. The van der Waals surface area contributed by atoms with Crippen molar-refractivity contribution in [2.75, 3.05) is 19.8 Å². The number of nitrogens with one attached hydrogen (secondary N) is 2. The highest BCUT2D eigenvalue weighted by Crippen LogP contribution is 2.31. The Morgan fingerprint density at radius 2 is 0.650 bits per heavy atom. The number of ether oxygens (including phenoxy) is 6. The summed E-state index contributed by atoms with van der Waals surface area (Å²) in [6.45, 7) is 9.68. The van der Waals surface area contributed by atoms with E-state index in [1.807, 2.05) is 0 Å². The molecule has 2 aliphatic rings. The van der Waals surface area contributed by atoms with E-state index in [-0.39, 0.29) is 38.3 Å². The summed E-state index contributed by atoms with van der Waals surface area (Å²) in [6, 6.07) is -3.04. The summed E-state index contributed by atoms with van der Waals surface area (Å²) in [5, 5.41) is 74.3. The zero-order chi connectivity index (χ0) is 89.3. The van der Waals surface area contributed by atoms with Gasteiger partial charge >= 0.3 is 17.9 Å². The highest BCUT2D eigenvalue weighted by Gasteiger charge is 2.52. The molecule has 0 radical (unpaired) electrons. The van der Waals surface area contributed by atoms with E-state index in [4.69, 9.17) is 28.4 Å². The molecule has 2 aliphatic heterocycles. The number of unbranched alkanes of at least 4 members (excludes halogenated alkanes) is 64. The Morgan fingerprint density at radius 3 is 1.01 bits per heavy atom. The minimum atomic E-state index is -1.74. The van der Waals surface area contributed by atoms with Crippen LogP contribution in [0, 0.1) is 0 Å². The summed E-state index contributed by atoms with van der Waals surface area (Å²) in [7, 11) is 0. The highest BCUT2D eigenvalue weighted by atomic mass is 16.7. The standard InChI is InChI=1S/C104H198N2O17/c1-6-11-16-21-26-31-36-37-38-39-40-41-42-43-44-45-46-47-48-49-54-59-64-69-74-79-95(113)120-90(78-73-68-63-58-53-35-30-25-20-15-10-5)84-94(112)106-98-102(123-96(114)83-89(110)77-72-67-62-57-52-34-29-24-19-14-9-4)99(115)91(85-107)122-104(98)119-86-92-100(116)101(118-81-80-87(108)75-70-65-60-55-50-32-27-22-17-12-7-2)97(103(117)121-92)105-93(111)82-88(109)76-71-66-61-56-51-33-28-23-18-13-8-3/h87-92,97-102,104,107-110,115-116H,6-86H2,1-5H3,(H,105,111)(H,106,112)/t87-,88-,89-,90-,91-,92-,97-,98-,99-,100-,101-,102-,104-/m1/s1. The summed E-state index contributed by atoms with van der Waals surface area (Å²) in [5.41, 5.74) is 0. The van der Waals surface area contributed by atoms with Gasteiger partial charge in [0.15, 0.2) is 24.5 Å². The SMILES string of the molecule is CCCCCCCCCCCCCCCCCCCCCCCCCCCC(=O)O[C@H](CCCCCCCCCCCCC)CC(=O)N[C@H]1[C@H](OC[C@H]2OC(=O)[C@H](NC(=O)C[C@H](O)CCCCCCCCCCCCC)[C@@H](OCC[C@H](O)CCCCCCCCCCCCC)[C@@H]2O)O[C@H](CO)[C@@H](O)[C@@H]1OC(=O)C[C@H](O)CCCCCCCCCCCCC. The van der Waals surface area contributed by atoms with Crippen LogP contribution in [0.25, 0.3) is 0 Å². The molecule has 2 heterocycles. The second kappa shape index (κ2) is 84.5. The van der Waals surface area contributed by atoms with E-state index in [0.29, 0.717) is 44.9 Å². The zero-order valence-corrected chi connectivity index (χ0v) is 80.5. The summed E-state index contributed by atoms with van der Waals surface area (Å²) in [6.07, 6.45) is 68.7. The Bertz CT molecular complexity index is 2370. The van der Waals surface area contributed by atoms with E-state index in [2.05, 4.69) is 45.3 Å². The summed E-state index contributed by atoms with van der Waals surface area (Å²) in [5.74, 6) is -3.50. The van der Waals surface area contributed by atoms with Crippen LogP contribution in [0.15, 0.2) is 0 Å². The lowest BCUT2D eigenvalue weighted by Gasteiger charge is -2.45. The van der Waals surface area contributed by atoms with Crippen LogP contribution in [0.1, 0.15) is 535 Å². The summed E-state index contributed by atoms with van der Waals surface area (Å²) in [4.78, 5) is 70.9. The quantitative estimate of drug-likeness (QED) is 0.0160. The van der Waals surface area contributed by atoms with Gasteiger partial charge in [-0.2, -0.15) is 0 Å². The van der Waals surface area contributed by atoms with Gasteiger partial charge in [0.05, 0.1) is 50.8 Å². The fourth-order valence-corrected chi connectivity index (χ4v) is 18.0. The lowest BCUT2D eigenvalue weighted by molar-refractivity contribution is -0.283. The molecule has 0 aromatic rings. The molecule has 0 saturated carbocycles. The van der Waals surface area contributed by atoms with Crippen LogP contribution in [0.3, 0.4) is 0 Å². The van der Waals surface area contributed by atoms with Crippen LogP contribution >= 0.6 is 0 Å². The highest BCUT2D eigenvalue weighted by molar-refractivity contribution is 5.86. The van der Waals surface area contributed by atoms with Crippen LogP contribution in [-0.4, -0.2) is 160 Å². The van der Waals surface area contributed by atoms with Crippen molar-refractivity contribution in [2.45, 2.75) is 615 Å². The number of cyclic esters (lactones) is 1. The Hall–Kier alpha value is -3.01. The number of rotatable bonds is 92. The Kier molecular flexibility index (Phi) is 79.8. The van der Waals surface area contributed by atoms with Crippen molar-refractivity contribution in [1.29, 1.82) is 0 Å². The van der Waals surface area contributed by atoms with E-state index in [0.717, 1.165) is 122 Å². The maximum Gasteiger partial charge on any atom is 0.331 e. The Balaban J connectivity index is 2.31. The third-order valence-electron chi connectivity index (χ3n) is 26.1. The first kappa shape index (κ1) is 116. The topological polar surface area (TPSA) is 286 Å². The molecule has 2 fully saturated rings. The van der Waals surface area contributed by atoms with Gasteiger partial charge < -0.3 is 69.7 Å². The lowest BCUT2D eigenvalue weighted by atomic mass is 9.95. The number of carbonyl (C=O) groups excluding carboxylic acids is 5. The predicted molar refractivity (Wildman–Crippen MR) is 503 cm³/mol. The number of carbonyl (C=O) groups is 5. The molecule has 123 heavy (non-hydrogen) atoms. The van der Waals surface area contributed by atoms with E-state index in [9.17, 15) is 54.6 Å². The average molecular weight is 1750 g/mol. The summed E-state index contributed by atoms with van der Waals surface area (Å²) < 4.78 is 37.1. The van der Waals surface area contributed by atoms with Crippen molar-refractivity contribution in [3.63, 3.8) is 0 Å². The molecule has 0 bridgehead atoms. The largest absolute Gasteiger partial charge is 0.462 e. The van der Waals surface area contributed by atoms with Crippen LogP contribution in [-0.2, 0) is 52.4 Å². The third kappa shape index (κ3) is 66.1. The monoisotopic (exact) mass is 1750 g/mol. The number of hydrogen-bond acceptors (Lipinski definition) is 17. The van der Waals surface area contributed by atoms with Crippen molar-refractivity contribution >= 4 is 29.7 Å². The number of aliphatic hydroxyl groups is 6. The zero-order valence-electron chi connectivity index (χ0n) is 80.5. The first-order chi connectivity index (χ1) is 60.1.